The maximum absolute atomic E-state index is 13.3. The van der Waals surface area contributed by atoms with Crippen molar-refractivity contribution >= 4 is 34.5 Å². The number of rotatable bonds is 4. The predicted octanol–water partition coefficient (Wildman–Crippen LogP) is 3.84. The Kier molecular flexibility index (Phi) is 5.00. The molecule has 4 heterocycles. The van der Waals surface area contributed by atoms with E-state index in [0.29, 0.717) is 13.1 Å². The standard InChI is InChI=1S/C24H22N4O3/c29-21-19(14-16-15-26-22-18(16)10-7-11-25-22)31-23(27-17-8-3-1-4-9-17)20(21)24(30)28-12-5-2-6-13-28/h1,3-4,7-11,14-15,27H,2,5-6,12-13H2,(H,25,26). The molecule has 7 nitrogen and oxygen atoms in total. The van der Waals surface area contributed by atoms with Crippen molar-refractivity contribution in [3.8, 4) is 0 Å². The van der Waals surface area contributed by atoms with Gasteiger partial charge >= 0.3 is 0 Å². The van der Waals surface area contributed by atoms with Gasteiger partial charge in [-0.2, -0.15) is 0 Å². The largest absolute Gasteiger partial charge is 0.436 e. The fourth-order valence-corrected chi connectivity index (χ4v) is 3.96. The van der Waals surface area contributed by atoms with E-state index in [0.717, 1.165) is 41.5 Å². The summed E-state index contributed by atoms with van der Waals surface area (Å²) in [6.07, 6.45) is 8.12. The quantitative estimate of drug-likeness (QED) is 0.500. The van der Waals surface area contributed by atoms with E-state index in [2.05, 4.69) is 15.3 Å². The summed E-state index contributed by atoms with van der Waals surface area (Å²) in [5, 5.41) is 3.99. The van der Waals surface area contributed by atoms with E-state index in [1.165, 1.54) is 0 Å². The molecule has 0 aliphatic carbocycles. The zero-order valence-electron chi connectivity index (χ0n) is 16.9. The Morgan fingerprint density at radius 2 is 1.90 bits per heavy atom. The van der Waals surface area contributed by atoms with Gasteiger partial charge in [0.2, 0.25) is 11.7 Å². The Balaban J connectivity index is 1.51. The van der Waals surface area contributed by atoms with E-state index in [-0.39, 0.29) is 23.1 Å². The summed E-state index contributed by atoms with van der Waals surface area (Å²) < 4.78 is 5.92. The molecular formula is C24H22N4O3. The summed E-state index contributed by atoms with van der Waals surface area (Å²) in [4.78, 5) is 35.6. The van der Waals surface area contributed by atoms with Gasteiger partial charge in [-0.25, -0.2) is 4.98 Å². The Labute approximate surface area is 179 Å². The number of aromatic amines is 1. The van der Waals surface area contributed by atoms with Crippen LogP contribution in [0.2, 0.25) is 0 Å². The van der Waals surface area contributed by atoms with Crippen LogP contribution >= 0.6 is 0 Å². The maximum atomic E-state index is 13.3. The molecule has 2 aromatic heterocycles. The molecule has 3 aromatic rings. The fourth-order valence-electron chi connectivity index (χ4n) is 3.96. The van der Waals surface area contributed by atoms with Crippen molar-refractivity contribution in [2.24, 2.45) is 0 Å². The fraction of sp³-hybridized carbons (Fsp3) is 0.208. The van der Waals surface area contributed by atoms with Gasteiger partial charge in [-0.15, -0.1) is 0 Å². The van der Waals surface area contributed by atoms with E-state index in [9.17, 15) is 9.59 Å². The Morgan fingerprint density at radius 1 is 1.10 bits per heavy atom. The Bertz CT molecular complexity index is 1200. The summed E-state index contributed by atoms with van der Waals surface area (Å²) in [5.74, 6) is -0.404. The van der Waals surface area contributed by atoms with E-state index in [1.807, 2.05) is 42.5 Å². The van der Waals surface area contributed by atoms with Crippen LogP contribution in [0.3, 0.4) is 0 Å². The Hall–Kier alpha value is -3.87. The van der Waals surface area contributed by atoms with Crippen molar-refractivity contribution < 1.29 is 14.3 Å². The lowest BCUT2D eigenvalue weighted by Gasteiger charge is -2.26. The molecule has 0 unspecified atom stereocenters. The molecule has 0 saturated carbocycles. The number of nitrogens with zero attached hydrogens (tertiary/aromatic N) is 2. The van der Waals surface area contributed by atoms with Crippen LogP contribution in [0.1, 0.15) is 24.8 Å². The molecule has 156 valence electrons. The number of piperidine rings is 1. The van der Waals surface area contributed by atoms with E-state index in [4.69, 9.17) is 4.74 Å². The summed E-state index contributed by atoms with van der Waals surface area (Å²) in [6.45, 7) is 1.31. The number of allylic oxidation sites excluding steroid dienone is 1. The number of carbonyl (C=O) groups excluding carboxylic acids is 2. The van der Waals surface area contributed by atoms with Gasteiger partial charge in [0.25, 0.3) is 5.91 Å². The number of hydrogen-bond acceptors (Lipinski definition) is 5. The monoisotopic (exact) mass is 414 g/mol. The number of Topliss-reactive ketones (excluding diaryl/α,β-unsaturated/α-hetero) is 1. The highest BCUT2D eigenvalue weighted by atomic mass is 16.5. The van der Waals surface area contributed by atoms with Crippen molar-refractivity contribution in [1.29, 1.82) is 0 Å². The normalized spacial score (nSPS) is 18.0. The van der Waals surface area contributed by atoms with Crippen LogP contribution in [0.5, 0.6) is 0 Å². The SMILES string of the molecule is O=C1C(=Cc2c[nH]c3ncccc23)OC(Nc2ccccc2)=C1C(=O)N1CCCCC1. The molecule has 0 bridgehead atoms. The first-order valence-corrected chi connectivity index (χ1v) is 10.4. The van der Waals surface area contributed by atoms with Gasteiger partial charge in [-0.3, -0.25) is 9.59 Å². The van der Waals surface area contributed by atoms with Crippen LogP contribution < -0.4 is 5.32 Å². The van der Waals surface area contributed by atoms with Crippen LogP contribution in [0.15, 0.2) is 72.1 Å². The van der Waals surface area contributed by atoms with Gasteiger partial charge in [0.15, 0.2) is 11.3 Å². The molecule has 0 spiro atoms. The molecule has 1 amide bonds. The van der Waals surface area contributed by atoms with Gasteiger partial charge in [0.1, 0.15) is 5.65 Å². The molecular weight excluding hydrogens is 392 g/mol. The molecule has 0 atom stereocenters. The number of anilines is 1. The van der Waals surface area contributed by atoms with Crippen LogP contribution in [0.25, 0.3) is 17.1 Å². The van der Waals surface area contributed by atoms with E-state index < -0.39 is 5.78 Å². The minimum absolute atomic E-state index is 0.0509. The van der Waals surface area contributed by atoms with Crippen molar-refractivity contribution in [3.63, 3.8) is 0 Å². The zero-order chi connectivity index (χ0) is 21.2. The van der Waals surface area contributed by atoms with Crippen molar-refractivity contribution in [3.05, 3.63) is 77.6 Å². The second-order valence-corrected chi connectivity index (χ2v) is 7.63. The number of ether oxygens (including phenoxy) is 1. The first-order valence-electron chi connectivity index (χ1n) is 10.4. The number of aromatic nitrogens is 2. The topological polar surface area (TPSA) is 87.3 Å². The van der Waals surface area contributed by atoms with Crippen LogP contribution in [0.4, 0.5) is 5.69 Å². The van der Waals surface area contributed by atoms with Crippen LogP contribution in [-0.2, 0) is 14.3 Å². The number of hydrogen-bond donors (Lipinski definition) is 2. The van der Waals surface area contributed by atoms with E-state index >= 15 is 0 Å². The molecule has 1 fully saturated rings. The third-order valence-electron chi connectivity index (χ3n) is 5.55. The summed E-state index contributed by atoms with van der Waals surface area (Å²) in [6, 6.07) is 13.1. The minimum atomic E-state index is -0.410. The highest BCUT2D eigenvalue weighted by Gasteiger charge is 2.38. The highest BCUT2D eigenvalue weighted by Crippen LogP contribution is 2.31. The third kappa shape index (κ3) is 3.70. The van der Waals surface area contributed by atoms with Gasteiger partial charge in [0, 0.05) is 42.1 Å². The number of benzene rings is 1. The molecule has 2 aliphatic rings. The predicted molar refractivity (Wildman–Crippen MR) is 118 cm³/mol. The number of H-pyrrole nitrogens is 1. The van der Waals surface area contributed by atoms with Crippen LogP contribution in [0, 0.1) is 0 Å². The van der Waals surface area contributed by atoms with Crippen molar-refractivity contribution in [1.82, 2.24) is 14.9 Å². The number of likely N-dealkylation sites (tertiary alicyclic amines) is 1. The highest BCUT2D eigenvalue weighted by molar-refractivity contribution is 6.28. The van der Waals surface area contributed by atoms with Gasteiger partial charge in [0.05, 0.1) is 0 Å². The summed E-state index contributed by atoms with van der Waals surface area (Å²) in [7, 11) is 0. The number of ketones is 1. The first kappa shape index (κ1) is 19.1. The number of amides is 1. The smallest absolute Gasteiger partial charge is 0.263 e. The minimum Gasteiger partial charge on any atom is -0.436 e. The first-order chi connectivity index (χ1) is 15.2. The number of pyridine rings is 1. The Morgan fingerprint density at radius 3 is 2.71 bits per heavy atom. The van der Waals surface area contributed by atoms with Gasteiger partial charge in [-0.05, 0) is 49.6 Å². The average Bonchev–Trinajstić information content (AvgIpc) is 3.36. The third-order valence-corrected chi connectivity index (χ3v) is 5.55. The van der Waals surface area contributed by atoms with E-state index in [1.54, 1.807) is 23.4 Å². The average molecular weight is 414 g/mol. The van der Waals surface area contributed by atoms with Crippen LogP contribution in [-0.4, -0.2) is 39.6 Å². The molecule has 7 heteroatoms. The maximum Gasteiger partial charge on any atom is 0.263 e. The number of carbonyl (C=O) groups is 2. The second kappa shape index (κ2) is 8.10. The summed E-state index contributed by atoms with van der Waals surface area (Å²) >= 11 is 0. The van der Waals surface area contributed by atoms with Crippen molar-refractivity contribution in [2.45, 2.75) is 19.3 Å². The van der Waals surface area contributed by atoms with Gasteiger partial charge in [-0.1, -0.05) is 18.2 Å². The molecule has 2 N–H and O–H groups in total. The lowest BCUT2D eigenvalue weighted by molar-refractivity contribution is -0.129. The molecule has 1 saturated heterocycles. The number of nitrogens with one attached hydrogen (secondary N) is 2. The number of fused-ring (bicyclic) bond motifs is 1. The van der Waals surface area contributed by atoms with Gasteiger partial charge < -0.3 is 19.9 Å². The zero-order valence-corrected chi connectivity index (χ0v) is 16.9. The lowest BCUT2D eigenvalue weighted by atomic mass is 10.1. The second-order valence-electron chi connectivity index (χ2n) is 7.63. The molecule has 5 rings (SSSR count). The molecule has 31 heavy (non-hydrogen) atoms. The molecule has 1 aromatic carbocycles. The summed E-state index contributed by atoms with van der Waals surface area (Å²) in [5.41, 5.74) is 2.29. The van der Waals surface area contributed by atoms with Crippen molar-refractivity contribution in [2.75, 3.05) is 18.4 Å². The molecule has 0 radical (unpaired) electrons. The number of para-hydroxylation sites is 1. The molecule has 2 aliphatic heterocycles. The lowest BCUT2D eigenvalue weighted by Crippen LogP contribution is -2.38.